The Bertz CT molecular complexity index is 341. The maximum Gasteiger partial charge on any atom is 0.117 e. The molecule has 1 unspecified atom stereocenters. The lowest BCUT2D eigenvalue weighted by Gasteiger charge is -2.06. The summed E-state index contributed by atoms with van der Waals surface area (Å²) in [5, 5.41) is 14.2. The van der Waals surface area contributed by atoms with E-state index in [0.29, 0.717) is 6.10 Å². The van der Waals surface area contributed by atoms with Gasteiger partial charge in [-0.25, -0.2) is 0 Å². The van der Waals surface area contributed by atoms with Crippen LogP contribution in [0.4, 0.5) is 0 Å². The molecule has 0 aliphatic rings. The van der Waals surface area contributed by atoms with Crippen LogP contribution < -0.4 is 5.32 Å². The maximum absolute atomic E-state index is 5.24. The summed E-state index contributed by atoms with van der Waals surface area (Å²) in [7, 11) is 1.75. The highest BCUT2D eigenvalue weighted by Gasteiger charge is 2.06. The van der Waals surface area contributed by atoms with Gasteiger partial charge < -0.3 is 10.1 Å². The first-order valence-electron chi connectivity index (χ1n) is 7.16. The molecule has 0 aromatic carbocycles. The van der Waals surface area contributed by atoms with E-state index in [4.69, 9.17) is 4.74 Å². The van der Waals surface area contributed by atoms with E-state index >= 15 is 0 Å². The van der Waals surface area contributed by atoms with Gasteiger partial charge in [-0.05, 0) is 38.8 Å². The summed E-state index contributed by atoms with van der Waals surface area (Å²) >= 11 is 1.74. The van der Waals surface area contributed by atoms with Crippen molar-refractivity contribution in [3.8, 4) is 0 Å². The first-order chi connectivity index (χ1) is 9.11. The Hall–Kier alpha value is -0.520. The van der Waals surface area contributed by atoms with E-state index in [-0.39, 0.29) is 0 Å². The molecule has 1 heterocycles. The smallest absolute Gasteiger partial charge is 0.117 e. The third-order valence-electron chi connectivity index (χ3n) is 2.97. The van der Waals surface area contributed by atoms with Crippen LogP contribution in [0.1, 0.15) is 43.6 Å². The molecule has 1 rings (SSSR count). The third kappa shape index (κ3) is 7.60. The lowest BCUT2D eigenvalue weighted by atomic mass is 10.2. The van der Waals surface area contributed by atoms with Crippen molar-refractivity contribution >= 4 is 11.3 Å². The minimum atomic E-state index is 0.299. The molecule has 0 fully saturated rings. The van der Waals surface area contributed by atoms with Crippen molar-refractivity contribution in [1.82, 2.24) is 15.5 Å². The molecule has 1 atom stereocenters. The van der Waals surface area contributed by atoms with Crippen LogP contribution in [-0.4, -0.2) is 36.5 Å². The molecule has 1 N–H and O–H groups in total. The van der Waals surface area contributed by atoms with Gasteiger partial charge in [0.2, 0.25) is 0 Å². The second kappa shape index (κ2) is 9.39. The summed E-state index contributed by atoms with van der Waals surface area (Å²) in [6, 6.07) is 0. The number of methoxy groups -OCH3 is 1. The number of hydrogen-bond donors (Lipinski definition) is 1. The fraction of sp³-hybridized carbons (Fsp3) is 0.857. The summed E-state index contributed by atoms with van der Waals surface area (Å²) in [6.45, 7) is 8.70. The first kappa shape index (κ1) is 16.5. The minimum Gasteiger partial charge on any atom is -0.382 e. The van der Waals surface area contributed by atoms with Crippen LogP contribution in [0.25, 0.3) is 0 Å². The largest absolute Gasteiger partial charge is 0.382 e. The summed E-state index contributed by atoms with van der Waals surface area (Å²) in [5.74, 6) is 0.718. The standard InChI is InChI=1S/C14H27N3OS/c1-11(2)10-15-9-5-6-13-16-17-14(19-13)8-7-12(3)18-4/h11-12,15H,5-10H2,1-4H3. The molecule has 0 saturated heterocycles. The van der Waals surface area contributed by atoms with Crippen molar-refractivity contribution < 1.29 is 4.74 Å². The van der Waals surface area contributed by atoms with Gasteiger partial charge in [-0.2, -0.15) is 0 Å². The Kier molecular flexibility index (Phi) is 8.18. The number of hydrogen-bond acceptors (Lipinski definition) is 5. The molecular formula is C14H27N3OS. The number of rotatable bonds is 10. The Morgan fingerprint density at radius 1 is 1.16 bits per heavy atom. The normalized spacial score (nSPS) is 13.1. The molecule has 0 spiro atoms. The second-order valence-corrected chi connectivity index (χ2v) is 6.52. The molecule has 19 heavy (non-hydrogen) atoms. The molecule has 0 amide bonds. The molecule has 4 nitrogen and oxygen atoms in total. The summed E-state index contributed by atoms with van der Waals surface area (Å²) in [5.41, 5.74) is 0. The monoisotopic (exact) mass is 285 g/mol. The average molecular weight is 285 g/mol. The van der Waals surface area contributed by atoms with Crippen LogP contribution >= 0.6 is 11.3 Å². The van der Waals surface area contributed by atoms with Crippen molar-refractivity contribution in [3.05, 3.63) is 10.0 Å². The van der Waals surface area contributed by atoms with Gasteiger partial charge in [0.05, 0.1) is 6.10 Å². The van der Waals surface area contributed by atoms with E-state index in [1.165, 1.54) is 0 Å². The SMILES string of the molecule is COC(C)CCc1nnc(CCCNCC(C)C)s1. The first-order valence-corrected chi connectivity index (χ1v) is 7.98. The second-order valence-electron chi connectivity index (χ2n) is 5.38. The number of aryl methyl sites for hydroxylation is 2. The molecule has 0 aliphatic carbocycles. The molecule has 1 aromatic heterocycles. The topological polar surface area (TPSA) is 47.0 Å². The lowest BCUT2D eigenvalue weighted by molar-refractivity contribution is 0.111. The number of aromatic nitrogens is 2. The molecule has 0 aliphatic heterocycles. The Labute approximate surface area is 121 Å². The zero-order valence-electron chi connectivity index (χ0n) is 12.6. The summed E-state index contributed by atoms with van der Waals surface area (Å²) in [6.07, 6.45) is 4.45. The van der Waals surface area contributed by atoms with Crippen LogP contribution in [0, 0.1) is 5.92 Å². The third-order valence-corrected chi connectivity index (χ3v) is 4.02. The summed E-state index contributed by atoms with van der Waals surface area (Å²) < 4.78 is 5.24. The van der Waals surface area contributed by atoms with E-state index in [0.717, 1.165) is 54.7 Å². The van der Waals surface area contributed by atoms with Gasteiger partial charge in [-0.15, -0.1) is 21.5 Å². The predicted molar refractivity (Wildman–Crippen MR) is 80.7 cm³/mol. The Morgan fingerprint density at radius 2 is 1.84 bits per heavy atom. The van der Waals surface area contributed by atoms with Gasteiger partial charge in [0, 0.05) is 20.0 Å². The molecule has 1 aromatic rings. The average Bonchev–Trinajstić information content (AvgIpc) is 2.83. The fourth-order valence-corrected chi connectivity index (χ4v) is 2.59. The zero-order chi connectivity index (χ0) is 14.1. The van der Waals surface area contributed by atoms with Crippen LogP contribution in [0.3, 0.4) is 0 Å². The van der Waals surface area contributed by atoms with Gasteiger partial charge in [0.1, 0.15) is 10.0 Å². The molecular weight excluding hydrogens is 258 g/mol. The van der Waals surface area contributed by atoms with Gasteiger partial charge >= 0.3 is 0 Å². The van der Waals surface area contributed by atoms with Crippen molar-refractivity contribution in [3.63, 3.8) is 0 Å². The van der Waals surface area contributed by atoms with Crippen LogP contribution in [0.2, 0.25) is 0 Å². The van der Waals surface area contributed by atoms with Crippen molar-refractivity contribution in [2.45, 2.75) is 52.6 Å². The number of nitrogens with zero attached hydrogens (tertiary/aromatic N) is 2. The predicted octanol–water partition coefficient (Wildman–Crippen LogP) is 2.68. The van der Waals surface area contributed by atoms with E-state index in [1.807, 2.05) is 0 Å². The van der Waals surface area contributed by atoms with Gasteiger partial charge in [-0.1, -0.05) is 13.8 Å². The van der Waals surface area contributed by atoms with Crippen molar-refractivity contribution in [2.24, 2.45) is 5.92 Å². The molecule has 0 saturated carbocycles. The quantitative estimate of drug-likeness (QED) is 0.671. The molecule has 0 bridgehead atoms. The lowest BCUT2D eigenvalue weighted by Crippen LogP contribution is -2.21. The van der Waals surface area contributed by atoms with Crippen molar-refractivity contribution in [2.75, 3.05) is 20.2 Å². The van der Waals surface area contributed by atoms with Crippen LogP contribution in [-0.2, 0) is 17.6 Å². The van der Waals surface area contributed by atoms with Gasteiger partial charge in [-0.3, -0.25) is 0 Å². The number of nitrogens with one attached hydrogen (secondary N) is 1. The highest BCUT2D eigenvalue weighted by Crippen LogP contribution is 2.14. The van der Waals surface area contributed by atoms with E-state index < -0.39 is 0 Å². The molecule has 5 heteroatoms. The highest BCUT2D eigenvalue weighted by molar-refractivity contribution is 7.11. The van der Waals surface area contributed by atoms with Crippen molar-refractivity contribution in [1.29, 1.82) is 0 Å². The van der Waals surface area contributed by atoms with E-state index in [9.17, 15) is 0 Å². The van der Waals surface area contributed by atoms with E-state index in [1.54, 1.807) is 18.4 Å². The number of ether oxygens (including phenoxy) is 1. The maximum atomic E-state index is 5.24. The highest BCUT2D eigenvalue weighted by atomic mass is 32.1. The molecule has 110 valence electrons. The molecule has 0 radical (unpaired) electrons. The van der Waals surface area contributed by atoms with E-state index in [2.05, 4.69) is 36.3 Å². The fourth-order valence-electron chi connectivity index (χ4n) is 1.69. The Morgan fingerprint density at radius 3 is 2.47 bits per heavy atom. The van der Waals surface area contributed by atoms with Gasteiger partial charge in [0.15, 0.2) is 0 Å². The van der Waals surface area contributed by atoms with Crippen LogP contribution in [0.15, 0.2) is 0 Å². The van der Waals surface area contributed by atoms with Gasteiger partial charge in [0.25, 0.3) is 0 Å². The summed E-state index contributed by atoms with van der Waals surface area (Å²) in [4.78, 5) is 0. The van der Waals surface area contributed by atoms with Crippen LogP contribution in [0.5, 0.6) is 0 Å². The minimum absolute atomic E-state index is 0.299. The Balaban J connectivity index is 2.16. The zero-order valence-corrected chi connectivity index (χ0v) is 13.4.